The molecule has 1 amide bonds. The number of aryl methyl sites for hydroxylation is 1. The van der Waals surface area contributed by atoms with Crippen LogP contribution in [0.3, 0.4) is 0 Å². The van der Waals surface area contributed by atoms with Crippen molar-refractivity contribution < 1.29 is 14.7 Å². The van der Waals surface area contributed by atoms with Crippen LogP contribution < -0.4 is 5.32 Å². The van der Waals surface area contributed by atoms with Gasteiger partial charge in [-0.2, -0.15) is 0 Å². The molecule has 0 radical (unpaired) electrons. The third-order valence-corrected chi connectivity index (χ3v) is 5.73. The number of hydrogen-bond donors (Lipinski definition) is 2. The molecule has 1 fully saturated rings. The number of carbonyl (C=O) groups excluding carboxylic acids is 1. The number of hydrogen-bond acceptors (Lipinski definition) is 3. The summed E-state index contributed by atoms with van der Waals surface area (Å²) in [5.41, 5.74) is -0.785. The molecule has 5 heteroatoms. The highest BCUT2D eigenvalue weighted by Gasteiger charge is 2.41. The number of rotatable bonds is 5. The van der Waals surface area contributed by atoms with Gasteiger partial charge < -0.3 is 10.4 Å². The zero-order valence-corrected chi connectivity index (χ0v) is 13.5. The van der Waals surface area contributed by atoms with Crippen molar-refractivity contribution >= 4 is 23.2 Å². The van der Waals surface area contributed by atoms with E-state index in [0.29, 0.717) is 23.6 Å². The first-order valence-electron chi connectivity index (χ1n) is 7.57. The summed E-state index contributed by atoms with van der Waals surface area (Å²) in [4.78, 5) is 25.6. The minimum atomic E-state index is -0.785. The molecule has 1 saturated carbocycles. The predicted octanol–water partition coefficient (Wildman–Crippen LogP) is 3.32. The Balaban J connectivity index is 1.99. The van der Waals surface area contributed by atoms with Gasteiger partial charge >= 0.3 is 5.97 Å². The third kappa shape index (κ3) is 3.64. The second-order valence-corrected chi connectivity index (χ2v) is 7.24. The van der Waals surface area contributed by atoms with Crippen LogP contribution in [0.2, 0.25) is 0 Å². The molecule has 1 aromatic heterocycles. The number of nitrogens with one attached hydrogen (secondary N) is 1. The Morgan fingerprint density at radius 2 is 2.05 bits per heavy atom. The van der Waals surface area contributed by atoms with Gasteiger partial charge in [-0.05, 0) is 50.2 Å². The van der Waals surface area contributed by atoms with Crippen molar-refractivity contribution in [2.24, 2.45) is 11.3 Å². The normalized spacial score (nSPS) is 25.5. The molecule has 116 valence electrons. The van der Waals surface area contributed by atoms with Crippen LogP contribution in [0.1, 0.15) is 54.1 Å². The number of carbonyl (C=O) groups is 2. The molecule has 21 heavy (non-hydrogen) atoms. The van der Waals surface area contributed by atoms with E-state index in [0.717, 1.165) is 19.3 Å². The second kappa shape index (κ2) is 6.60. The molecule has 1 aromatic rings. The Kier molecular flexibility index (Phi) is 5.04. The van der Waals surface area contributed by atoms with Gasteiger partial charge in [-0.25, -0.2) is 0 Å². The van der Waals surface area contributed by atoms with Gasteiger partial charge in [0.2, 0.25) is 0 Å². The lowest BCUT2D eigenvalue weighted by molar-refractivity contribution is -0.151. The fourth-order valence-corrected chi connectivity index (χ4v) is 3.67. The largest absolute Gasteiger partial charge is 0.481 e. The van der Waals surface area contributed by atoms with Crippen LogP contribution in [0.5, 0.6) is 0 Å². The molecule has 0 atom stereocenters. The average molecular weight is 309 g/mol. The average Bonchev–Trinajstić information content (AvgIpc) is 2.95. The van der Waals surface area contributed by atoms with E-state index in [1.807, 2.05) is 12.1 Å². The van der Waals surface area contributed by atoms with Crippen molar-refractivity contribution in [3.8, 4) is 0 Å². The van der Waals surface area contributed by atoms with Crippen molar-refractivity contribution in [2.45, 2.75) is 46.0 Å². The van der Waals surface area contributed by atoms with Crippen LogP contribution >= 0.6 is 11.3 Å². The molecule has 2 rings (SSSR count). The molecule has 0 bridgehead atoms. The fourth-order valence-electron chi connectivity index (χ4n) is 2.81. The monoisotopic (exact) mass is 309 g/mol. The molecule has 0 unspecified atom stereocenters. The van der Waals surface area contributed by atoms with Gasteiger partial charge in [0.05, 0.1) is 10.3 Å². The van der Waals surface area contributed by atoms with Crippen LogP contribution in [0.4, 0.5) is 0 Å². The first-order valence-corrected chi connectivity index (χ1v) is 8.39. The first-order chi connectivity index (χ1) is 9.97. The quantitative estimate of drug-likeness (QED) is 0.877. The minimum absolute atomic E-state index is 0.154. The third-order valence-electron chi connectivity index (χ3n) is 4.51. The van der Waals surface area contributed by atoms with E-state index < -0.39 is 11.4 Å². The summed E-state index contributed by atoms with van der Waals surface area (Å²) >= 11 is 1.48. The predicted molar refractivity (Wildman–Crippen MR) is 83.7 cm³/mol. The number of carboxylic acid groups (broad SMARTS) is 1. The van der Waals surface area contributed by atoms with Crippen molar-refractivity contribution in [3.63, 3.8) is 0 Å². The van der Waals surface area contributed by atoms with Crippen LogP contribution in [-0.2, 0) is 11.2 Å². The van der Waals surface area contributed by atoms with Crippen molar-refractivity contribution in [3.05, 3.63) is 21.9 Å². The second-order valence-electron chi connectivity index (χ2n) is 6.07. The lowest BCUT2D eigenvalue weighted by Gasteiger charge is -2.35. The van der Waals surface area contributed by atoms with E-state index in [-0.39, 0.29) is 12.5 Å². The molecule has 0 aliphatic heterocycles. The Hall–Kier alpha value is -1.36. The summed E-state index contributed by atoms with van der Waals surface area (Å²) in [7, 11) is 0. The van der Waals surface area contributed by atoms with Crippen molar-refractivity contribution in [1.82, 2.24) is 5.32 Å². The highest BCUT2D eigenvalue weighted by molar-refractivity contribution is 7.14. The summed E-state index contributed by atoms with van der Waals surface area (Å²) in [5, 5.41) is 12.4. The van der Waals surface area contributed by atoms with E-state index in [4.69, 9.17) is 0 Å². The minimum Gasteiger partial charge on any atom is -0.481 e. The Bertz CT molecular complexity index is 515. The Morgan fingerprint density at radius 3 is 2.57 bits per heavy atom. The maximum atomic E-state index is 12.2. The lowest BCUT2D eigenvalue weighted by atomic mass is 9.71. The van der Waals surface area contributed by atoms with Crippen molar-refractivity contribution in [1.29, 1.82) is 0 Å². The highest BCUT2D eigenvalue weighted by atomic mass is 32.1. The fraction of sp³-hybridized carbons (Fsp3) is 0.625. The molecular weight excluding hydrogens is 286 g/mol. The number of thiophene rings is 1. The van der Waals surface area contributed by atoms with Crippen LogP contribution in [0.25, 0.3) is 0 Å². The van der Waals surface area contributed by atoms with Gasteiger partial charge in [0.1, 0.15) is 0 Å². The van der Waals surface area contributed by atoms with Gasteiger partial charge in [0, 0.05) is 11.4 Å². The number of amides is 1. The zero-order valence-electron chi connectivity index (χ0n) is 12.6. The maximum Gasteiger partial charge on any atom is 0.311 e. The van der Waals surface area contributed by atoms with E-state index >= 15 is 0 Å². The standard InChI is InChI=1S/C16H23NO3S/c1-3-12-4-5-13(21-12)14(18)17-10-16(15(19)20)8-6-11(2)7-9-16/h4-5,11H,3,6-10H2,1-2H3,(H,17,18)(H,19,20). The SMILES string of the molecule is CCc1ccc(C(=O)NCC2(C(=O)O)CCC(C)CC2)s1. The molecule has 0 aromatic carbocycles. The van der Waals surface area contributed by atoms with Gasteiger partial charge in [-0.3, -0.25) is 9.59 Å². The van der Waals surface area contributed by atoms with E-state index in [9.17, 15) is 14.7 Å². The molecule has 2 N–H and O–H groups in total. The van der Waals surface area contributed by atoms with E-state index in [1.54, 1.807) is 0 Å². The van der Waals surface area contributed by atoms with E-state index in [1.165, 1.54) is 16.2 Å². The maximum absolute atomic E-state index is 12.2. The summed E-state index contributed by atoms with van der Waals surface area (Å²) in [5.74, 6) is -0.355. The van der Waals surface area contributed by atoms with Gasteiger partial charge in [0.15, 0.2) is 0 Å². The van der Waals surface area contributed by atoms with Crippen LogP contribution in [-0.4, -0.2) is 23.5 Å². The van der Waals surface area contributed by atoms with Crippen LogP contribution in [0.15, 0.2) is 12.1 Å². The summed E-state index contributed by atoms with van der Waals surface area (Å²) in [6, 6.07) is 3.77. The summed E-state index contributed by atoms with van der Waals surface area (Å²) in [6.45, 7) is 4.44. The van der Waals surface area contributed by atoms with Gasteiger partial charge in [-0.15, -0.1) is 11.3 Å². The Morgan fingerprint density at radius 1 is 1.38 bits per heavy atom. The highest BCUT2D eigenvalue weighted by Crippen LogP contribution is 2.38. The number of aliphatic carboxylic acids is 1. The molecular formula is C16H23NO3S. The first kappa shape index (κ1) is 16.0. The molecule has 1 aliphatic rings. The smallest absolute Gasteiger partial charge is 0.311 e. The lowest BCUT2D eigenvalue weighted by Crippen LogP contribution is -2.45. The van der Waals surface area contributed by atoms with Crippen molar-refractivity contribution in [2.75, 3.05) is 6.54 Å². The zero-order chi connectivity index (χ0) is 15.5. The Labute approximate surface area is 129 Å². The molecule has 0 saturated heterocycles. The van der Waals surface area contributed by atoms with Gasteiger partial charge in [-0.1, -0.05) is 13.8 Å². The van der Waals surface area contributed by atoms with Crippen LogP contribution in [0, 0.1) is 11.3 Å². The summed E-state index contributed by atoms with van der Waals surface area (Å²) in [6.07, 6.45) is 4.04. The molecule has 0 spiro atoms. The molecule has 4 nitrogen and oxygen atoms in total. The topological polar surface area (TPSA) is 66.4 Å². The molecule has 1 aliphatic carbocycles. The van der Waals surface area contributed by atoms with E-state index in [2.05, 4.69) is 19.2 Å². The summed E-state index contributed by atoms with van der Waals surface area (Å²) < 4.78 is 0. The number of carboxylic acids is 1. The molecule has 1 heterocycles. The van der Waals surface area contributed by atoms with Gasteiger partial charge in [0.25, 0.3) is 5.91 Å².